The smallest absolute Gasteiger partial charge is 0.0573 e. The number of halogens is 1. The van der Waals surface area contributed by atoms with Gasteiger partial charge in [0, 0.05) is 5.54 Å². The van der Waals surface area contributed by atoms with Crippen molar-refractivity contribution in [3.05, 3.63) is 35.9 Å². The van der Waals surface area contributed by atoms with Gasteiger partial charge in [-0.15, -0.1) is 12.4 Å². The Balaban J connectivity index is 0.00000112. The highest BCUT2D eigenvalue weighted by Gasteiger charge is 2.32. The van der Waals surface area contributed by atoms with Gasteiger partial charge < -0.3 is 10.4 Å². The van der Waals surface area contributed by atoms with E-state index in [-0.39, 0.29) is 24.0 Å². The molecule has 2 nitrogen and oxygen atoms in total. The summed E-state index contributed by atoms with van der Waals surface area (Å²) < 4.78 is 0. The number of piperidine rings is 1. The Kier molecular flexibility index (Phi) is 4.14. The van der Waals surface area contributed by atoms with Crippen molar-refractivity contribution in [2.24, 2.45) is 0 Å². The SMILES string of the molecule is CC1(c2ccccc2)CC(O)CCN1.Cl. The minimum absolute atomic E-state index is 0. The molecule has 1 saturated heterocycles. The summed E-state index contributed by atoms with van der Waals surface area (Å²) >= 11 is 0. The first kappa shape index (κ1) is 12.5. The maximum atomic E-state index is 9.67. The summed E-state index contributed by atoms with van der Waals surface area (Å²) in [7, 11) is 0. The molecule has 0 spiro atoms. The Hall–Kier alpha value is -0.570. The lowest BCUT2D eigenvalue weighted by Gasteiger charge is -2.38. The van der Waals surface area contributed by atoms with E-state index in [2.05, 4.69) is 24.4 Å². The average molecular weight is 228 g/mol. The van der Waals surface area contributed by atoms with Gasteiger partial charge >= 0.3 is 0 Å². The molecule has 1 aliphatic heterocycles. The van der Waals surface area contributed by atoms with Crippen molar-refractivity contribution in [2.45, 2.75) is 31.4 Å². The molecule has 1 aromatic carbocycles. The van der Waals surface area contributed by atoms with Crippen LogP contribution < -0.4 is 5.32 Å². The van der Waals surface area contributed by atoms with E-state index in [4.69, 9.17) is 0 Å². The Morgan fingerprint density at radius 3 is 2.60 bits per heavy atom. The van der Waals surface area contributed by atoms with Crippen LogP contribution in [0.25, 0.3) is 0 Å². The number of hydrogen-bond acceptors (Lipinski definition) is 2. The van der Waals surface area contributed by atoms with Crippen molar-refractivity contribution in [2.75, 3.05) is 6.54 Å². The maximum absolute atomic E-state index is 9.67. The number of rotatable bonds is 1. The molecule has 0 amide bonds. The van der Waals surface area contributed by atoms with Crippen molar-refractivity contribution < 1.29 is 5.11 Å². The molecule has 3 heteroatoms. The first-order valence-corrected chi connectivity index (χ1v) is 5.19. The molecule has 1 aliphatic rings. The summed E-state index contributed by atoms with van der Waals surface area (Å²) in [5.74, 6) is 0. The summed E-state index contributed by atoms with van der Waals surface area (Å²) in [6, 6.07) is 10.3. The minimum atomic E-state index is -0.165. The van der Waals surface area contributed by atoms with E-state index in [1.54, 1.807) is 0 Å². The van der Waals surface area contributed by atoms with Crippen molar-refractivity contribution >= 4 is 12.4 Å². The van der Waals surface area contributed by atoms with Crippen LogP contribution in [0.2, 0.25) is 0 Å². The maximum Gasteiger partial charge on any atom is 0.0573 e. The molecule has 2 rings (SSSR count). The van der Waals surface area contributed by atoms with Gasteiger partial charge in [0.05, 0.1) is 6.10 Å². The van der Waals surface area contributed by atoms with Gasteiger partial charge in [-0.05, 0) is 31.9 Å². The summed E-state index contributed by atoms with van der Waals surface area (Å²) in [4.78, 5) is 0. The standard InChI is InChI=1S/C12H17NO.ClH/c1-12(9-11(14)7-8-13-12)10-5-3-2-4-6-10;/h2-6,11,13-14H,7-9H2,1H3;1H. The molecule has 0 radical (unpaired) electrons. The van der Waals surface area contributed by atoms with E-state index in [0.717, 1.165) is 19.4 Å². The van der Waals surface area contributed by atoms with Crippen LogP contribution in [-0.2, 0) is 5.54 Å². The van der Waals surface area contributed by atoms with Crippen LogP contribution in [0.4, 0.5) is 0 Å². The fourth-order valence-electron chi connectivity index (χ4n) is 2.19. The molecule has 1 aromatic rings. The Bertz CT molecular complexity index is 304. The number of aliphatic hydroxyl groups is 1. The van der Waals surface area contributed by atoms with E-state index in [1.165, 1.54) is 5.56 Å². The summed E-state index contributed by atoms with van der Waals surface area (Å²) in [6.45, 7) is 3.05. The van der Waals surface area contributed by atoms with Crippen molar-refractivity contribution in [1.82, 2.24) is 5.32 Å². The lowest BCUT2D eigenvalue weighted by atomic mass is 9.83. The molecule has 84 valence electrons. The van der Waals surface area contributed by atoms with Gasteiger partial charge in [-0.1, -0.05) is 30.3 Å². The molecule has 1 fully saturated rings. The molecule has 1 heterocycles. The van der Waals surface area contributed by atoms with E-state index in [0.29, 0.717) is 0 Å². The van der Waals surface area contributed by atoms with Gasteiger partial charge in [-0.3, -0.25) is 0 Å². The second kappa shape index (κ2) is 4.97. The highest BCUT2D eigenvalue weighted by atomic mass is 35.5. The van der Waals surface area contributed by atoms with Crippen LogP contribution in [0.1, 0.15) is 25.3 Å². The third kappa shape index (κ3) is 2.71. The first-order valence-electron chi connectivity index (χ1n) is 5.19. The molecule has 0 saturated carbocycles. The van der Waals surface area contributed by atoms with Gasteiger partial charge in [-0.2, -0.15) is 0 Å². The quantitative estimate of drug-likeness (QED) is 0.770. The predicted molar refractivity (Wildman–Crippen MR) is 64.3 cm³/mol. The molecular formula is C12H18ClNO. The third-order valence-electron chi connectivity index (χ3n) is 3.05. The van der Waals surface area contributed by atoms with Crippen molar-refractivity contribution in [3.63, 3.8) is 0 Å². The number of benzene rings is 1. The van der Waals surface area contributed by atoms with Crippen LogP contribution in [0.15, 0.2) is 30.3 Å². The molecule has 15 heavy (non-hydrogen) atoms. The van der Waals surface area contributed by atoms with Gasteiger partial charge in [-0.25, -0.2) is 0 Å². The zero-order valence-corrected chi connectivity index (χ0v) is 9.76. The van der Waals surface area contributed by atoms with Crippen LogP contribution in [0, 0.1) is 0 Å². The summed E-state index contributed by atoms with van der Waals surface area (Å²) in [6.07, 6.45) is 1.50. The van der Waals surface area contributed by atoms with E-state index < -0.39 is 0 Å². The second-order valence-corrected chi connectivity index (χ2v) is 4.27. The highest BCUT2D eigenvalue weighted by molar-refractivity contribution is 5.85. The largest absolute Gasteiger partial charge is 0.393 e. The number of nitrogens with one attached hydrogen (secondary N) is 1. The topological polar surface area (TPSA) is 32.3 Å². The minimum Gasteiger partial charge on any atom is -0.393 e. The van der Waals surface area contributed by atoms with Crippen LogP contribution >= 0.6 is 12.4 Å². The number of hydrogen-bond donors (Lipinski definition) is 2. The lowest BCUT2D eigenvalue weighted by Crippen LogP contribution is -2.47. The third-order valence-corrected chi connectivity index (χ3v) is 3.05. The van der Waals surface area contributed by atoms with Crippen molar-refractivity contribution in [3.8, 4) is 0 Å². The van der Waals surface area contributed by atoms with Gasteiger partial charge in [0.15, 0.2) is 0 Å². The fourth-order valence-corrected chi connectivity index (χ4v) is 2.19. The molecule has 0 aliphatic carbocycles. The molecule has 2 atom stereocenters. The Morgan fingerprint density at radius 1 is 1.33 bits per heavy atom. The van der Waals surface area contributed by atoms with E-state index in [1.807, 2.05) is 18.2 Å². The van der Waals surface area contributed by atoms with Crippen molar-refractivity contribution in [1.29, 1.82) is 0 Å². The van der Waals surface area contributed by atoms with E-state index in [9.17, 15) is 5.11 Å². The number of aliphatic hydroxyl groups excluding tert-OH is 1. The molecule has 2 N–H and O–H groups in total. The normalized spacial score (nSPS) is 30.7. The van der Waals surface area contributed by atoms with E-state index >= 15 is 0 Å². The van der Waals surface area contributed by atoms with Crippen LogP contribution in [0.3, 0.4) is 0 Å². The monoisotopic (exact) mass is 227 g/mol. The molecule has 2 unspecified atom stereocenters. The summed E-state index contributed by atoms with van der Waals surface area (Å²) in [5.41, 5.74) is 1.21. The van der Waals surface area contributed by atoms with Crippen LogP contribution in [0.5, 0.6) is 0 Å². The lowest BCUT2D eigenvalue weighted by molar-refractivity contribution is 0.0835. The molecule has 0 bridgehead atoms. The van der Waals surface area contributed by atoms with Gasteiger partial charge in [0.25, 0.3) is 0 Å². The molecule has 0 aromatic heterocycles. The summed E-state index contributed by atoms with van der Waals surface area (Å²) in [5, 5.41) is 13.1. The Morgan fingerprint density at radius 2 is 2.00 bits per heavy atom. The zero-order chi connectivity index (χ0) is 10.0. The second-order valence-electron chi connectivity index (χ2n) is 4.27. The fraction of sp³-hybridized carbons (Fsp3) is 0.500. The van der Waals surface area contributed by atoms with Gasteiger partial charge in [0.2, 0.25) is 0 Å². The molecular weight excluding hydrogens is 210 g/mol. The van der Waals surface area contributed by atoms with Crippen LogP contribution in [-0.4, -0.2) is 17.8 Å². The highest BCUT2D eigenvalue weighted by Crippen LogP contribution is 2.29. The first-order chi connectivity index (χ1) is 6.71. The predicted octanol–water partition coefficient (Wildman–Crippen LogP) is 2.07. The Labute approximate surface area is 97.1 Å². The average Bonchev–Trinajstić information content (AvgIpc) is 2.19. The zero-order valence-electron chi connectivity index (χ0n) is 8.94. The van der Waals surface area contributed by atoms with Gasteiger partial charge in [0.1, 0.15) is 0 Å².